The number of esters is 1. The van der Waals surface area contributed by atoms with Crippen molar-refractivity contribution in [3.05, 3.63) is 59.7 Å². The van der Waals surface area contributed by atoms with Crippen LogP contribution in [0, 0.1) is 0 Å². The van der Waals surface area contributed by atoms with Gasteiger partial charge in [0.2, 0.25) is 5.91 Å². The molecule has 5 heteroatoms. The van der Waals surface area contributed by atoms with E-state index < -0.39 is 5.97 Å². The molecule has 1 aliphatic rings. The number of nitrogens with zero attached hydrogens (tertiary/aromatic N) is 1. The predicted molar refractivity (Wildman–Crippen MR) is 85.5 cm³/mol. The maximum absolute atomic E-state index is 12.0. The van der Waals surface area contributed by atoms with Crippen LogP contribution in [0.1, 0.15) is 22.3 Å². The Kier molecular flexibility index (Phi) is 4.28. The summed E-state index contributed by atoms with van der Waals surface area (Å²) in [4.78, 5) is 25.2. The van der Waals surface area contributed by atoms with Crippen LogP contribution in [-0.2, 0) is 16.1 Å². The number of hydrogen-bond donors (Lipinski definition) is 0. The van der Waals surface area contributed by atoms with Gasteiger partial charge < -0.3 is 14.4 Å². The number of methoxy groups -OCH3 is 1. The molecule has 0 atom stereocenters. The summed E-state index contributed by atoms with van der Waals surface area (Å²) in [6.07, 6.45) is 0.513. The first-order valence-electron chi connectivity index (χ1n) is 7.38. The van der Waals surface area contributed by atoms with Gasteiger partial charge in [-0.3, -0.25) is 4.79 Å². The van der Waals surface area contributed by atoms with Gasteiger partial charge in [0.15, 0.2) is 0 Å². The third-order valence-electron chi connectivity index (χ3n) is 3.76. The van der Waals surface area contributed by atoms with E-state index in [1.54, 1.807) is 17.0 Å². The topological polar surface area (TPSA) is 55.8 Å². The van der Waals surface area contributed by atoms with E-state index in [1.165, 1.54) is 7.11 Å². The van der Waals surface area contributed by atoms with E-state index in [0.717, 1.165) is 11.3 Å². The summed E-state index contributed by atoms with van der Waals surface area (Å²) in [5, 5.41) is 0. The molecule has 118 valence electrons. The van der Waals surface area contributed by atoms with Gasteiger partial charge >= 0.3 is 5.97 Å². The van der Waals surface area contributed by atoms with Crippen LogP contribution in [-0.4, -0.2) is 25.5 Å². The average Bonchev–Trinajstić information content (AvgIpc) is 2.59. The molecule has 1 heterocycles. The predicted octanol–water partition coefficient (Wildman–Crippen LogP) is 2.79. The van der Waals surface area contributed by atoms with Crippen molar-refractivity contribution in [2.45, 2.75) is 13.0 Å². The van der Waals surface area contributed by atoms with Gasteiger partial charge in [-0.05, 0) is 29.8 Å². The van der Waals surface area contributed by atoms with Crippen LogP contribution in [0.5, 0.6) is 5.75 Å². The molecule has 1 amide bonds. The molecule has 0 spiro atoms. The highest BCUT2D eigenvalue weighted by Crippen LogP contribution is 2.28. The van der Waals surface area contributed by atoms with E-state index in [0.29, 0.717) is 30.8 Å². The number of β-lactam (4-membered cyclic amide) rings is 1. The second kappa shape index (κ2) is 6.52. The summed E-state index contributed by atoms with van der Waals surface area (Å²) < 4.78 is 10.5. The largest absolute Gasteiger partial charge is 0.489 e. The molecule has 1 fully saturated rings. The van der Waals surface area contributed by atoms with Crippen LogP contribution in [0.15, 0.2) is 48.5 Å². The second-order valence-corrected chi connectivity index (χ2v) is 5.24. The van der Waals surface area contributed by atoms with Gasteiger partial charge in [0.05, 0.1) is 18.4 Å². The summed E-state index contributed by atoms with van der Waals surface area (Å²) in [5.74, 6) is 0.318. The maximum atomic E-state index is 12.0. The van der Waals surface area contributed by atoms with Crippen molar-refractivity contribution in [2.24, 2.45) is 0 Å². The smallest absolute Gasteiger partial charge is 0.339 e. The molecule has 0 unspecified atom stereocenters. The van der Waals surface area contributed by atoms with Crippen LogP contribution >= 0.6 is 0 Å². The lowest BCUT2D eigenvalue weighted by atomic mass is 10.0. The van der Waals surface area contributed by atoms with Crippen molar-refractivity contribution in [2.75, 3.05) is 18.6 Å². The standard InChI is InChI=1S/C18H17NO4/c1-22-18(21)15-11-13(12-23-14-5-3-2-4-6-14)7-8-16(15)19-10-9-17(19)20/h2-8,11H,9-10,12H2,1H3. The molecule has 0 aromatic heterocycles. The van der Waals surface area contributed by atoms with E-state index in [2.05, 4.69) is 0 Å². The van der Waals surface area contributed by atoms with Crippen LogP contribution in [0.25, 0.3) is 0 Å². The minimum atomic E-state index is -0.457. The van der Waals surface area contributed by atoms with E-state index >= 15 is 0 Å². The Morgan fingerprint density at radius 2 is 1.96 bits per heavy atom. The molecule has 0 aliphatic carbocycles. The van der Waals surface area contributed by atoms with Crippen molar-refractivity contribution in [1.82, 2.24) is 0 Å². The Balaban J connectivity index is 1.82. The lowest BCUT2D eigenvalue weighted by Crippen LogP contribution is -2.44. The van der Waals surface area contributed by atoms with Crippen molar-refractivity contribution >= 4 is 17.6 Å². The minimum Gasteiger partial charge on any atom is -0.489 e. The average molecular weight is 311 g/mol. The zero-order valence-electron chi connectivity index (χ0n) is 12.8. The fraction of sp³-hybridized carbons (Fsp3) is 0.222. The highest BCUT2D eigenvalue weighted by molar-refractivity contribution is 6.05. The fourth-order valence-corrected chi connectivity index (χ4v) is 2.43. The van der Waals surface area contributed by atoms with Crippen LogP contribution in [0.3, 0.4) is 0 Å². The molecule has 1 saturated heterocycles. The highest BCUT2D eigenvalue weighted by Gasteiger charge is 2.29. The Bertz CT molecular complexity index is 727. The monoisotopic (exact) mass is 311 g/mol. The van der Waals surface area contributed by atoms with Gasteiger partial charge in [-0.1, -0.05) is 24.3 Å². The quantitative estimate of drug-likeness (QED) is 0.629. The van der Waals surface area contributed by atoms with Crippen molar-refractivity contribution in [1.29, 1.82) is 0 Å². The number of benzene rings is 2. The van der Waals surface area contributed by atoms with Gasteiger partial charge in [-0.2, -0.15) is 0 Å². The van der Waals surface area contributed by atoms with Gasteiger partial charge in [0.25, 0.3) is 0 Å². The number of amides is 1. The van der Waals surface area contributed by atoms with Crippen molar-refractivity contribution < 1.29 is 19.1 Å². The number of anilines is 1. The molecule has 0 radical (unpaired) electrons. The van der Waals surface area contributed by atoms with Crippen molar-refractivity contribution in [3.63, 3.8) is 0 Å². The lowest BCUT2D eigenvalue weighted by Gasteiger charge is -2.32. The third-order valence-corrected chi connectivity index (χ3v) is 3.76. The Hall–Kier alpha value is -2.82. The van der Waals surface area contributed by atoms with Crippen LogP contribution in [0.2, 0.25) is 0 Å². The third kappa shape index (κ3) is 3.18. The molecule has 0 bridgehead atoms. The van der Waals surface area contributed by atoms with Gasteiger partial charge in [0.1, 0.15) is 12.4 Å². The molecular weight excluding hydrogens is 294 g/mol. The number of carbonyl (C=O) groups is 2. The zero-order valence-corrected chi connectivity index (χ0v) is 12.8. The number of rotatable bonds is 5. The van der Waals surface area contributed by atoms with E-state index in [1.807, 2.05) is 36.4 Å². The molecule has 2 aromatic rings. The first-order valence-corrected chi connectivity index (χ1v) is 7.38. The van der Waals surface area contributed by atoms with E-state index in [-0.39, 0.29) is 5.91 Å². The Labute approximate surface area is 134 Å². The summed E-state index contributed by atoms with van der Waals surface area (Å²) in [7, 11) is 1.33. The Morgan fingerprint density at radius 3 is 2.57 bits per heavy atom. The molecule has 0 N–H and O–H groups in total. The summed E-state index contributed by atoms with van der Waals surface area (Å²) >= 11 is 0. The fourth-order valence-electron chi connectivity index (χ4n) is 2.43. The van der Waals surface area contributed by atoms with Gasteiger partial charge in [0, 0.05) is 13.0 Å². The number of carbonyl (C=O) groups excluding carboxylic acids is 2. The summed E-state index contributed by atoms with van der Waals surface area (Å²) in [5.41, 5.74) is 1.82. The molecule has 5 nitrogen and oxygen atoms in total. The lowest BCUT2D eigenvalue weighted by molar-refractivity contribution is -0.122. The molecule has 1 aliphatic heterocycles. The number of para-hydroxylation sites is 1. The van der Waals surface area contributed by atoms with E-state index in [9.17, 15) is 9.59 Å². The second-order valence-electron chi connectivity index (χ2n) is 5.24. The molecule has 0 saturated carbocycles. The SMILES string of the molecule is COC(=O)c1cc(COc2ccccc2)ccc1N1CCC1=O. The van der Waals surface area contributed by atoms with Gasteiger partial charge in [-0.15, -0.1) is 0 Å². The van der Waals surface area contributed by atoms with E-state index in [4.69, 9.17) is 9.47 Å². The first-order chi connectivity index (χ1) is 11.2. The maximum Gasteiger partial charge on any atom is 0.339 e. The van der Waals surface area contributed by atoms with Crippen LogP contribution < -0.4 is 9.64 Å². The first kappa shape index (κ1) is 15.1. The van der Waals surface area contributed by atoms with Crippen molar-refractivity contribution in [3.8, 4) is 5.75 Å². The normalized spacial score (nSPS) is 13.4. The summed E-state index contributed by atoms with van der Waals surface area (Å²) in [6.45, 7) is 0.963. The molecule has 2 aromatic carbocycles. The van der Waals surface area contributed by atoms with Crippen LogP contribution in [0.4, 0.5) is 5.69 Å². The molecule has 23 heavy (non-hydrogen) atoms. The number of hydrogen-bond acceptors (Lipinski definition) is 4. The zero-order chi connectivity index (χ0) is 16.2. The highest BCUT2D eigenvalue weighted by atomic mass is 16.5. The minimum absolute atomic E-state index is 0.0171. The summed E-state index contributed by atoms with van der Waals surface area (Å²) in [6, 6.07) is 14.8. The number of ether oxygens (including phenoxy) is 2. The Morgan fingerprint density at radius 1 is 1.17 bits per heavy atom. The molecular formula is C18H17NO4. The molecule has 3 rings (SSSR count). The van der Waals surface area contributed by atoms with Gasteiger partial charge in [-0.25, -0.2) is 4.79 Å².